The molecule has 5 nitrogen and oxygen atoms in total. The average molecular weight is 847 g/mol. The van der Waals surface area contributed by atoms with E-state index < -0.39 is 0 Å². The van der Waals surface area contributed by atoms with E-state index in [0.717, 1.165) is 66.5 Å². The number of furan rings is 1. The fraction of sp³-hybridized carbons (Fsp3) is 0. The van der Waals surface area contributed by atoms with Gasteiger partial charge in [-0.3, -0.25) is 0 Å². The van der Waals surface area contributed by atoms with Crippen LogP contribution in [0.1, 0.15) is 0 Å². The molecule has 14 rings (SSSR count). The van der Waals surface area contributed by atoms with Gasteiger partial charge in [-0.1, -0.05) is 140 Å². The van der Waals surface area contributed by atoms with Crippen molar-refractivity contribution in [1.82, 2.24) is 19.5 Å². The van der Waals surface area contributed by atoms with Crippen molar-refractivity contribution in [2.75, 3.05) is 0 Å². The molecule has 302 valence electrons. The number of nitrogens with zero attached hydrogens (tertiary/aromatic N) is 4. The van der Waals surface area contributed by atoms with Gasteiger partial charge in [0, 0.05) is 58.4 Å². The van der Waals surface area contributed by atoms with Gasteiger partial charge in [0.25, 0.3) is 0 Å². The van der Waals surface area contributed by atoms with Crippen molar-refractivity contribution in [3.63, 3.8) is 0 Å². The second-order valence-corrected chi connectivity index (χ2v) is 17.8. The first kappa shape index (κ1) is 36.1. The summed E-state index contributed by atoms with van der Waals surface area (Å²) in [5.74, 6) is 1.74. The van der Waals surface area contributed by atoms with Gasteiger partial charge in [0.2, 0.25) is 0 Å². The predicted molar refractivity (Wildman–Crippen MR) is 271 cm³/mol. The SMILES string of the molecule is c1ccc(-c2cccc(-c3nc(-c4ccc5sc6ccccc6c5c4)nc(-c4cc5oc6ccccc6c5cc4-n4c5cc6ccccc6cc5c5c6ccccc6ccc54)n3)c2)cc1. The van der Waals surface area contributed by atoms with Gasteiger partial charge < -0.3 is 8.98 Å². The smallest absolute Gasteiger partial charge is 0.166 e. The van der Waals surface area contributed by atoms with E-state index in [-0.39, 0.29) is 0 Å². The minimum absolute atomic E-state index is 0.555. The van der Waals surface area contributed by atoms with Crippen LogP contribution in [0.15, 0.2) is 211 Å². The van der Waals surface area contributed by atoms with Crippen LogP contribution in [0.4, 0.5) is 0 Å². The van der Waals surface area contributed by atoms with Crippen molar-refractivity contribution in [3.8, 4) is 51.0 Å². The first-order valence-electron chi connectivity index (χ1n) is 21.8. The third kappa shape index (κ3) is 5.67. The summed E-state index contributed by atoms with van der Waals surface area (Å²) in [4.78, 5) is 16.2. The largest absolute Gasteiger partial charge is 0.456 e. The van der Waals surface area contributed by atoms with Crippen LogP contribution in [0.5, 0.6) is 0 Å². The number of para-hydroxylation sites is 1. The quantitative estimate of drug-likeness (QED) is 0.173. The van der Waals surface area contributed by atoms with E-state index >= 15 is 0 Å². The van der Waals surface area contributed by atoms with E-state index in [1.54, 1.807) is 11.3 Å². The van der Waals surface area contributed by atoms with Gasteiger partial charge in [-0.05, 0) is 99.4 Å². The van der Waals surface area contributed by atoms with Crippen LogP contribution in [0.25, 0.3) is 136 Å². The maximum absolute atomic E-state index is 6.67. The van der Waals surface area contributed by atoms with Crippen molar-refractivity contribution in [3.05, 3.63) is 206 Å². The number of aromatic nitrogens is 4. The van der Waals surface area contributed by atoms with Crippen LogP contribution in [0.2, 0.25) is 0 Å². The van der Waals surface area contributed by atoms with E-state index in [2.05, 4.69) is 193 Å². The Morgan fingerprint density at radius 2 is 1.02 bits per heavy atom. The summed E-state index contributed by atoms with van der Waals surface area (Å²) in [5, 5.41) is 11.7. The Hall–Kier alpha value is -8.45. The molecule has 0 bridgehead atoms. The Bertz CT molecular complexity index is 4260. The molecule has 0 spiro atoms. The van der Waals surface area contributed by atoms with Crippen LogP contribution in [-0.2, 0) is 0 Å². The number of fused-ring (bicyclic) bond motifs is 12. The van der Waals surface area contributed by atoms with Crippen LogP contribution in [0.3, 0.4) is 0 Å². The molecule has 0 aliphatic rings. The standard InChI is InChI=1S/C59H34N4OS/c1-2-13-35(14-3-1)37-18-12-19-40(29-37)57-60-58(41-26-28-55-46(31-41)44-22-9-11-24-54(44)65-55)62-59(61-57)48-34-53-45(43-21-8-10-23-52(43)64-53)33-51(48)63-49-27-25-36-15-6-7-20-42(36)56(49)47-30-38-16-4-5-17-39(38)32-50(47)63/h1-34H. The van der Waals surface area contributed by atoms with Gasteiger partial charge in [0.05, 0.1) is 16.7 Å². The van der Waals surface area contributed by atoms with E-state index in [0.29, 0.717) is 17.5 Å². The molecule has 0 atom stereocenters. The summed E-state index contributed by atoms with van der Waals surface area (Å²) in [6.45, 7) is 0. The lowest BCUT2D eigenvalue weighted by Gasteiger charge is -2.16. The maximum Gasteiger partial charge on any atom is 0.166 e. The summed E-state index contributed by atoms with van der Waals surface area (Å²) >= 11 is 1.80. The molecule has 0 fully saturated rings. The molecule has 0 radical (unpaired) electrons. The van der Waals surface area contributed by atoms with Gasteiger partial charge in [0.15, 0.2) is 17.5 Å². The Kier molecular flexibility index (Phi) is 7.79. The number of hydrogen-bond acceptors (Lipinski definition) is 5. The van der Waals surface area contributed by atoms with Gasteiger partial charge >= 0.3 is 0 Å². The zero-order valence-electron chi connectivity index (χ0n) is 34.7. The van der Waals surface area contributed by atoms with E-state index in [9.17, 15) is 0 Å². The molecule has 0 amide bonds. The number of thiophene rings is 1. The molecular formula is C59H34N4OS. The van der Waals surface area contributed by atoms with Crippen molar-refractivity contribution < 1.29 is 4.42 Å². The maximum atomic E-state index is 6.67. The lowest BCUT2D eigenvalue weighted by Crippen LogP contribution is -2.04. The fourth-order valence-electron chi connectivity index (χ4n) is 9.94. The van der Waals surface area contributed by atoms with Gasteiger partial charge in [0.1, 0.15) is 11.2 Å². The first-order valence-corrected chi connectivity index (χ1v) is 22.6. The van der Waals surface area contributed by atoms with Crippen molar-refractivity contribution >= 4 is 96.8 Å². The molecule has 4 heterocycles. The second kappa shape index (κ2) is 14.0. The summed E-state index contributed by atoms with van der Waals surface area (Å²) in [7, 11) is 0. The Balaban J connectivity index is 1.10. The van der Waals surface area contributed by atoms with Crippen LogP contribution >= 0.6 is 11.3 Å². The molecular weight excluding hydrogens is 813 g/mol. The normalized spacial score (nSPS) is 12.0. The van der Waals surface area contributed by atoms with Crippen molar-refractivity contribution in [2.24, 2.45) is 0 Å². The highest BCUT2D eigenvalue weighted by molar-refractivity contribution is 7.25. The number of benzene rings is 10. The number of rotatable bonds is 5. The van der Waals surface area contributed by atoms with Crippen molar-refractivity contribution in [2.45, 2.75) is 0 Å². The summed E-state index contributed by atoms with van der Waals surface area (Å²) in [6.07, 6.45) is 0. The Morgan fingerprint density at radius 1 is 0.354 bits per heavy atom. The third-order valence-corrected chi connectivity index (χ3v) is 14.1. The van der Waals surface area contributed by atoms with Gasteiger partial charge in [-0.25, -0.2) is 15.0 Å². The molecule has 0 saturated heterocycles. The van der Waals surface area contributed by atoms with Crippen LogP contribution < -0.4 is 0 Å². The predicted octanol–water partition coefficient (Wildman–Crippen LogP) is 16.2. The first-order chi connectivity index (χ1) is 32.2. The molecule has 0 aliphatic carbocycles. The Labute approximate surface area is 376 Å². The molecule has 0 unspecified atom stereocenters. The topological polar surface area (TPSA) is 56.7 Å². The minimum atomic E-state index is 0.555. The monoisotopic (exact) mass is 846 g/mol. The summed E-state index contributed by atoms with van der Waals surface area (Å²) in [5.41, 5.74) is 9.63. The third-order valence-electron chi connectivity index (χ3n) is 13.0. The fourth-order valence-corrected chi connectivity index (χ4v) is 11.0. The zero-order chi connectivity index (χ0) is 42.6. The van der Waals surface area contributed by atoms with E-state index in [1.165, 1.54) is 52.5 Å². The van der Waals surface area contributed by atoms with Crippen molar-refractivity contribution in [1.29, 1.82) is 0 Å². The number of hydrogen-bond donors (Lipinski definition) is 0. The van der Waals surface area contributed by atoms with Gasteiger partial charge in [-0.15, -0.1) is 11.3 Å². The highest BCUT2D eigenvalue weighted by atomic mass is 32.1. The molecule has 65 heavy (non-hydrogen) atoms. The second-order valence-electron chi connectivity index (χ2n) is 16.8. The lowest BCUT2D eigenvalue weighted by atomic mass is 10.0. The minimum Gasteiger partial charge on any atom is -0.456 e. The molecule has 4 aromatic heterocycles. The molecule has 0 aliphatic heterocycles. The Morgan fingerprint density at radius 3 is 1.88 bits per heavy atom. The highest BCUT2D eigenvalue weighted by Crippen LogP contribution is 2.44. The summed E-state index contributed by atoms with van der Waals surface area (Å²) < 4.78 is 11.6. The molecule has 10 aromatic carbocycles. The van der Waals surface area contributed by atoms with Crippen LogP contribution in [0, 0.1) is 0 Å². The lowest BCUT2D eigenvalue weighted by molar-refractivity contribution is 0.669. The van der Waals surface area contributed by atoms with Gasteiger partial charge in [-0.2, -0.15) is 0 Å². The molecule has 6 heteroatoms. The highest BCUT2D eigenvalue weighted by Gasteiger charge is 2.24. The average Bonchev–Trinajstić information content (AvgIpc) is 4.04. The van der Waals surface area contributed by atoms with Crippen LogP contribution in [-0.4, -0.2) is 19.5 Å². The zero-order valence-corrected chi connectivity index (χ0v) is 35.6. The molecule has 0 N–H and O–H groups in total. The molecule has 14 aromatic rings. The van der Waals surface area contributed by atoms with E-state index in [4.69, 9.17) is 19.4 Å². The molecule has 0 saturated carbocycles. The van der Waals surface area contributed by atoms with E-state index in [1.807, 2.05) is 18.2 Å². The summed E-state index contributed by atoms with van der Waals surface area (Å²) in [6, 6.07) is 73.4.